The Hall–Kier alpha value is -1.35. The lowest BCUT2D eigenvalue weighted by molar-refractivity contribution is 0.0866. The van der Waals surface area contributed by atoms with E-state index < -0.39 is 0 Å². The highest BCUT2D eigenvalue weighted by Gasteiger charge is 2.49. The smallest absolute Gasteiger partial charge is 0.0845 e. The highest BCUT2D eigenvalue weighted by Crippen LogP contribution is 2.47. The topological polar surface area (TPSA) is 32.8 Å². The molecule has 1 saturated carbocycles. The van der Waals surface area contributed by atoms with Crippen LogP contribution in [0.25, 0.3) is 11.1 Å². The van der Waals surface area contributed by atoms with E-state index in [0.717, 1.165) is 34.6 Å². The molecule has 0 radical (unpaired) electrons. The summed E-state index contributed by atoms with van der Waals surface area (Å²) >= 11 is 5.91. The van der Waals surface area contributed by atoms with Crippen LogP contribution >= 0.6 is 11.6 Å². The maximum Gasteiger partial charge on any atom is 0.0845 e. The van der Waals surface area contributed by atoms with Crippen molar-refractivity contribution in [3.63, 3.8) is 0 Å². The summed E-state index contributed by atoms with van der Waals surface area (Å²) in [7, 11) is 0. The first-order valence-electron chi connectivity index (χ1n) is 7.40. The van der Waals surface area contributed by atoms with Crippen molar-refractivity contribution in [2.45, 2.75) is 31.2 Å². The Bertz CT molecular complexity index is 625. The Balaban J connectivity index is 1.51. The first-order valence-corrected chi connectivity index (χ1v) is 7.78. The van der Waals surface area contributed by atoms with E-state index in [1.807, 2.05) is 36.4 Å². The predicted molar refractivity (Wildman–Crippen MR) is 83.2 cm³/mol. The van der Waals surface area contributed by atoms with Crippen LogP contribution in [0.4, 0.5) is 0 Å². The maximum absolute atomic E-state index is 10.5. The highest BCUT2D eigenvalue weighted by molar-refractivity contribution is 6.30. The number of hydrogen-bond acceptors (Lipinski definition) is 2. The van der Waals surface area contributed by atoms with Crippen LogP contribution < -0.4 is 0 Å². The minimum Gasteiger partial charge on any atom is -0.388 e. The van der Waals surface area contributed by atoms with Crippen molar-refractivity contribution in [2.75, 3.05) is 0 Å². The molecule has 108 valence electrons. The largest absolute Gasteiger partial charge is 0.388 e. The molecule has 2 fully saturated rings. The summed E-state index contributed by atoms with van der Waals surface area (Å²) in [6.07, 6.45) is 2.44. The predicted octanol–water partition coefficient (Wildman–Crippen LogP) is 4.22. The molecule has 0 amide bonds. The first-order chi connectivity index (χ1) is 10.2. The summed E-state index contributed by atoms with van der Waals surface area (Å²) in [5.41, 5.74) is 3.27. The van der Waals surface area contributed by atoms with Crippen LogP contribution in [-0.2, 0) is 4.74 Å². The quantitative estimate of drug-likeness (QED) is 0.861. The van der Waals surface area contributed by atoms with E-state index in [-0.39, 0.29) is 6.10 Å². The minimum absolute atomic E-state index is 0.343. The van der Waals surface area contributed by atoms with Crippen LogP contribution in [0.5, 0.6) is 0 Å². The van der Waals surface area contributed by atoms with Gasteiger partial charge in [0.2, 0.25) is 0 Å². The average Bonchev–Trinajstić information content (AvgIpc) is 3.13. The summed E-state index contributed by atoms with van der Waals surface area (Å²) in [6, 6.07) is 16.0. The molecule has 2 aromatic carbocycles. The van der Waals surface area contributed by atoms with Gasteiger partial charge in [-0.3, -0.25) is 0 Å². The third-order valence-corrected chi connectivity index (χ3v) is 4.89. The zero-order valence-corrected chi connectivity index (χ0v) is 12.3. The van der Waals surface area contributed by atoms with Gasteiger partial charge in [0.15, 0.2) is 0 Å². The van der Waals surface area contributed by atoms with Crippen LogP contribution in [-0.4, -0.2) is 17.3 Å². The molecule has 1 aliphatic heterocycles. The lowest BCUT2D eigenvalue weighted by Gasteiger charge is -2.19. The van der Waals surface area contributed by atoms with Crippen LogP contribution in [0.2, 0.25) is 5.02 Å². The van der Waals surface area contributed by atoms with E-state index in [2.05, 4.69) is 12.1 Å². The van der Waals surface area contributed by atoms with Gasteiger partial charge in [0.05, 0.1) is 18.3 Å². The molecule has 0 spiro atoms. The van der Waals surface area contributed by atoms with E-state index in [1.54, 1.807) is 0 Å². The lowest BCUT2D eigenvalue weighted by atomic mass is 9.92. The van der Waals surface area contributed by atoms with Gasteiger partial charge in [-0.25, -0.2) is 0 Å². The van der Waals surface area contributed by atoms with Crippen LogP contribution in [0.15, 0.2) is 48.5 Å². The van der Waals surface area contributed by atoms with Crippen LogP contribution in [0, 0.1) is 5.92 Å². The van der Waals surface area contributed by atoms with Gasteiger partial charge in [-0.2, -0.15) is 0 Å². The summed E-state index contributed by atoms with van der Waals surface area (Å²) in [6.45, 7) is 0. The Labute approximate surface area is 129 Å². The van der Waals surface area contributed by atoms with Gasteiger partial charge in [0.25, 0.3) is 0 Å². The molecule has 0 aromatic heterocycles. The second-order valence-electron chi connectivity index (χ2n) is 6.02. The molecule has 2 aliphatic rings. The Morgan fingerprint density at radius 1 is 0.905 bits per heavy atom. The fourth-order valence-electron chi connectivity index (χ4n) is 3.33. The molecule has 2 nitrogen and oxygen atoms in total. The van der Waals surface area contributed by atoms with Crippen molar-refractivity contribution < 1.29 is 9.84 Å². The standard InChI is InChI=1S/C18H17ClO2/c19-15-7-5-12(6-8-15)11-1-3-13(4-2-11)18(20)14-9-16-17(10-14)21-16/h1-8,14,16-18,20H,9-10H2. The molecule has 3 unspecified atom stereocenters. The molecule has 3 atom stereocenters. The van der Waals surface area contributed by atoms with E-state index in [1.165, 1.54) is 0 Å². The number of halogens is 1. The van der Waals surface area contributed by atoms with E-state index in [0.29, 0.717) is 18.1 Å². The normalized spacial score (nSPS) is 28.2. The van der Waals surface area contributed by atoms with Gasteiger partial charge in [-0.05, 0) is 47.6 Å². The average molecular weight is 301 g/mol. The van der Waals surface area contributed by atoms with E-state index in [4.69, 9.17) is 16.3 Å². The molecule has 1 N–H and O–H groups in total. The maximum atomic E-state index is 10.5. The second-order valence-corrected chi connectivity index (χ2v) is 6.45. The number of aliphatic hydroxyl groups excluding tert-OH is 1. The van der Waals surface area contributed by atoms with Gasteiger partial charge < -0.3 is 9.84 Å². The van der Waals surface area contributed by atoms with E-state index in [9.17, 15) is 5.11 Å². The molecular formula is C18H17ClO2. The Morgan fingerprint density at radius 3 is 2.00 bits per heavy atom. The number of epoxide rings is 1. The third kappa shape index (κ3) is 2.59. The molecule has 0 bridgehead atoms. The number of benzene rings is 2. The number of ether oxygens (including phenoxy) is 1. The molecule has 1 saturated heterocycles. The summed E-state index contributed by atoms with van der Waals surface area (Å²) < 4.78 is 5.43. The number of rotatable bonds is 3. The van der Waals surface area contributed by atoms with Crippen molar-refractivity contribution in [1.29, 1.82) is 0 Å². The summed E-state index contributed by atoms with van der Waals surface area (Å²) in [4.78, 5) is 0. The zero-order valence-electron chi connectivity index (χ0n) is 11.6. The third-order valence-electron chi connectivity index (χ3n) is 4.63. The van der Waals surface area contributed by atoms with Crippen molar-refractivity contribution in [2.24, 2.45) is 5.92 Å². The second kappa shape index (κ2) is 5.13. The van der Waals surface area contributed by atoms with Gasteiger partial charge in [0.1, 0.15) is 0 Å². The number of aliphatic hydroxyl groups is 1. The number of fused-ring (bicyclic) bond motifs is 1. The molecule has 21 heavy (non-hydrogen) atoms. The molecule has 3 heteroatoms. The van der Waals surface area contributed by atoms with Crippen molar-refractivity contribution in [3.05, 3.63) is 59.1 Å². The SMILES string of the molecule is OC(c1ccc(-c2ccc(Cl)cc2)cc1)C1CC2OC2C1. The molecular weight excluding hydrogens is 284 g/mol. The lowest BCUT2D eigenvalue weighted by Crippen LogP contribution is -2.11. The van der Waals surface area contributed by atoms with E-state index >= 15 is 0 Å². The summed E-state index contributed by atoms with van der Waals surface area (Å²) in [5.74, 6) is 0.343. The minimum atomic E-state index is -0.374. The van der Waals surface area contributed by atoms with Gasteiger partial charge in [0, 0.05) is 5.02 Å². The van der Waals surface area contributed by atoms with Crippen molar-refractivity contribution in [3.8, 4) is 11.1 Å². The van der Waals surface area contributed by atoms with Gasteiger partial charge in [-0.1, -0.05) is 48.0 Å². The Morgan fingerprint density at radius 2 is 1.43 bits per heavy atom. The highest BCUT2D eigenvalue weighted by atomic mass is 35.5. The zero-order chi connectivity index (χ0) is 14.4. The van der Waals surface area contributed by atoms with Crippen molar-refractivity contribution in [1.82, 2.24) is 0 Å². The van der Waals surface area contributed by atoms with Gasteiger partial charge >= 0.3 is 0 Å². The molecule has 1 heterocycles. The Kier molecular flexibility index (Phi) is 3.26. The first kappa shape index (κ1) is 13.3. The van der Waals surface area contributed by atoms with Crippen LogP contribution in [0.3, 0.4) is 0 Å². The summed E-state index contributed by atoms with van der Waals surface area (Å²) in [5, 5.41) is 11.2. The fraction of sp³-hybridized carbons (Fsp3) is 0.333. The molecule has 4 rings (SSSR count). The van der Waals surface area contributed by atoms with Crippen LogP contribution in [0.1, 0.15) is 24.5 Å². The van der Waals surface area contributed by atoms with Crippen molar-refractivity contribution >= 4 is 11.6 Å². The number of hydrogen-bond donors (Lipinski definition) is 1. The molecule has 2 aromatic rings. The molecule has 1 aliphatic carbocycles. The van der Waals surface area contributed by atoms with Gasteiger partial charge in [-0.15, -0.1) is 0 Å². The fourth-order valence-corrected chi connectivity index (χ4v) is 3.46. The monoisotopic (exact) mass is 300 g/mol.